The van der Waals surface area contributed by atoms with Crippen molar-refractivity contribution < 1.29 is 9.53 Å². The van der Waals surface area contributed by atoms with Gasteiger partial charge in [0.15, 0.2) is 0 Å². The zero-order valence-electron chi connectivity index (χ0n) is 10.6. The molecule has 0 radical (unpaired) electrons. The molecule has 18 heavy (non-hydrogen) atoms. The van der Waals surface area contributed by atoms with Crippen molar-refractivity contribution in [3.05, 3.63) is 65.2 Å². The highest BCUT2D eigenvalue weighted by molar-refractivity contribution is 5.75. The summed E-state index contributed by atoms with van der Waals surface area (Å²) in [6, 6.07) is 15.5. The van der Waals surface area contributed by atoms with Crippen LogP contribution in [0.1, 0.15) is 34.5 Å². The molecular weight excluding hydrogens is 224 g/mol. The quantitative estimate of drug-likeness (QED) is 0.756. The van der Waals surface area contributed by atoms with Crippen molar-refractivity contribution >= 4 is 6.29 Å². The number of rotatable bonds is 4. The van der Waals surface area contributed by atoms with Crippen molar-refractivity contribution in [1.29, 1.82) is 0 Å². The summed E-state index contributed by atoms with van der Waals surface area (Å²) in [4.78, 5) is 10.8. The number of hydrogen-bond donors (Lipinski definition) is 0. The first kappa shape index (κ1) is 12.4. The van der Waals surface area contributed by atoms with Crippen LogP contribution >= 0.6 is 0 Å². The summed E-state index contributed by atoms with van der Waals surface area (Å²) < 4.78 is 5.91. The number of benzene rings is 2. The lowest BCUT2D eigenvalue weighted by Crippen LogP contribution is -2.04. The Labute approximate surface area is 107 Å². The van der Waals surface area contributed by atoms with Gasteiger partial charge in [-0.05, 0) is 31.0 Å². The van der Waals surface area contributed by atoms with E-state index in [1.54, 1.807) is 12.1 Å². The van der Waals surface area contributed by atoms with Crippen molar-refractivity contribution in [1.82, 2.24) is 0 Å². The second-order valence-electron chi connectivity index (χ2n) is 4.31. The largest absolute Gasteiger partial charge is 0.486 e. The van der Waals surface area contributed by atoms with Gasteiger partial charge in [0.2, 0.25) is 0 Å². The molecule has 2 rings (SSSR count). The van der Waals surface area contributed by atoms with Crippen LogP contribution in [0.15, 0.2) is 48.5 Å². The van der Waals surface area contributed by atoms with E-state index in [1.165, 1.54) is 0 Å². The molecule has 0 spiro atoms. The van der Waals surface area contributed by atoms with Crippen molar-refractivity contribution in [2.75, 3.05) is 0 Å². The summed E-state index contributed by atoms with van der Waals surface area (Å²) in [5.41, 5.74) is 2.78. The first-order valence-corrected chi connectivity index (χ1v) is 5.98. The Kier molecular flexibility index (Phi) is 3.78. The molecule has 2 aromatic rings. The average Bonchev–Trinajstić information content (AvgIpc) is 2.42. The van der Waals surface area contributed by atoms with Gasteiger partial charge in [-0.3, -0.25) is 4.79 Å². The topological polar surface area (TPSA) is 26.3 Å². The fourth-order valence-corrected chi connectivity index (χ4v) is 1.80. The molecule has 2 aromatic carbocycles. The van der Waals surface area contributed by atoms with Gasteiger partial charge >= 0.3 is 0 Å². The van der Waals surface area contributed by atoms with Crippen LogP contribution < -0.4 is 4.74 Å². The summed E-state index contributed by atoms with van der Waals surface area (Å²) in [6.07, 6.45) is 0.797. The van der Waals surface area contributed by atoms with Crippen molar-refractivity contribution in [3.63, 3.8) is 0 Å². The predicted molar refractivity (Wildman–Crippen MR) is 72.1 cm³/mol. The maximum absolute atomic E-state index is 10.8. The molecular formula is C16H16O2. The van der Waals surface area contributed by atoms with E-state index in [0.29, 0.717) is 5.56 Å². The maximum Gasteiger partial charge on any atom is 0.150 e. The van der Waals surface area contributed by atoms with Crippen LogP contribution in [0.5, 0.6) is 5.75 Å². The molecule has 1 atom stereocenters. The van der Waals surface area contributed by atoms with Crippen molar-refractivity contribution in [2.24, 2.45) is 0 Å². The number of aryl methyl sites for hydroxylation is 1. The van der Waals surface area contributed by atoms with E-state index in [4.69, 9.17) is 4.74 Å². The first-order valence-electron chi connectivity index (χ1n) is 5.98. The summed E-state index contributed by atoms with van der Waals surface area (Å²) in [5.74, 6) is 0.760. The third kappa shape index (κ3) is 2.77. The maximum atomic E-state index is 10.8. The smallest absolute Gasteiger partial charge is 0.150 e. The number of ether oxygens (including phenoxy) is 1. The summed E-state index contributed by atoms with van der Waals surface area (Å²) in [5, 5.41) is 0. The Morgan fingerprint density at radius 2 is 1.83 bits per heavy atom. The molecule has 2 nitrogen and oxygen atoms in total. The van der Waals surface area contributed by atoms with E-state index in [2.05, 4.69) is 0 Å². The zero-order valence-corrected chi connectivity index (χ0v) is 10.6. The highest BCUT2D eigenvalue weighted by Gasteiger charge is 2.09. The fourth-order valence-electron chi connectivity index (χ4n) is 1.80. The van der Waals surface area contributed by atoms with Gasteiger partial charge in [0.1, 0.15) is 18.1 Å². The molecule has 0 aliphatic carbocycles. The Hall–Kier alpha value is -2.09. The van der Waals surface area contributed by atoms with Gasteiger partial charge < -0.3 is 4.74 Å². The lowest BCUT2D eigenvalue weighted by atomic mass is 10.1. The Balaban J connectivity index is 2.21. The average molecular weight is 240 g/mol. The van der Waals surface area contributed by atoms with E-state index >= 15 is 0 Å². The molecule has 0 aliphatic rings. The van der Waals surface area contributed by atoms with E-state index in [0.717, 1.165) is 23.2 Å². The normalized spacial score (nSPS) is 11.9. The third-order valence-electron chi connectivity index (χ3n) is 2.92. The van der Waals surface area contributed by atoms with Gasteiger partial charge in [0, 0.05) is 5.56 Å². The molecule has 2 heteroatoms. The zero-order chi connectivity index (χ0) is 13.0. The molecule has 0 saturated carbocycles. The van der Waals surface area contributed by atoms with E-state index in [1.807, 2.05) is 50.2 Å². The Morgan fingerprint density at radius 1 is 1.11 bits per heavy atom. The Bertz CT molecular complexity index is 532. The van der Waals surface area contributed by atoms with E-state index in [9.17, 15) is 4.79 Å². The molecule has 0 saturated heterocycles. The van der Waals surface area contributed by atoms with Crippen LogP contribution in [0, 0.1) is 6.92 Å². The highest BCUT2D eigenvalue weighted by Crippen LogP contribution is 2.25. The highest BCUT2D eigenvalue weighted by atomic mass is 16.5. The molecule has 0 amide bonds. The number of carbonyl (C=O) groups is 1. The molecule has 0 aromatic heterocycles. The summed E-state index contributed by atoms with van der Waals surface area (Å²) in [7, 11) is 0. The molecule has 1 unspecified atom stereocenters. The van der Waals surface area contributed by atoms with Gasteiger partial charge in [0.25, 0.3) is 0 Å². The molecule has 0 fully saturated rings. The van der Waals surface area contributed by atoms with Crippen LogP contribution in [0.2, 0.25) is 0 Å². The molecule has 0 N–H and O–H groups in total. The van der Waals surface area contributed by atoms with Gasteiger partial charge in [0.05, 0.1) is 0 Å². The van der Waals surface area contributed by atoms with Gasteiger partial charge in [-0.1, -0.05) is 42.5 Å². The Morgan fingerprint density at radius 3 is 2.50 bits per heavy atom. The van der Waals surface area contributed by atoms with Gasteiger partial charge in [-0.2, -0.15) is 0 Å². The minimum Gasteiger partial charge on any atom is -0.486 e. The molecule has 0 aliphatic heterocycles. The number of aldehydes is 1. The standard InChI is InChI=1S/C16H16O2/c1-12-8-9-14(11-17)10-16(12)18-13(2)15-6-4-3-5-7-15/h3-11,13H,1-2H3. The molecule has 0 heterocycles. The SMILES string of the molecule is Cc1ccc(C=O)cc1OC(C)c1ccccc1. The predicted octanol–water partition coefficient (Wildman–Crippen LogP) is 3.95. The first-order chi connectivity index (χ1) is 8.70. The van der Waals surface area contributed by atoms with Crippen LogP contribution in [0.3, 0.4) is 0 Å². The number of hydrogen-bond acceptors (Lipinski definition) is 2. The minimum atomic E-state index is -0.0354. The van der Waals surface area contributed by atoms with Gasteiger partial charge in [-0.15, -0.1) is 0 Å². The van der Waals surface area contributed by atoms with Crippen LogP contribution in [-0.2, 0) is 0 Å². The second-order valence-corrected chi connectivity index (χ2v) is 4.31. The van der Waals surface area contributed by atoms with E-state index in [-0.39, 0.29) is 6.10 Å². The van der Waals surface area contributed by atoms with Crippen molar-refractivity contribution in [3.8, 4) is 5.75 Å². The number of carbonyl (C=O) groups excluding carboxylic acids is 1. The lowest BCUT2D eigenvalue weighted by Gasteiger charge is -2.17. The summed E-state index contributed by atoms with van der Waals surface area (Å²) >= 11 is 0. The molecule has 0 bridgehead atoms. The lowest BCUT2D eigenvalue weighted by molar-refractivity contribution is 0.112. The van der Waals surface area contributed by atoms with Crippen LogP contribution in [0.25, 0.3) is 0 Å². The fraction of sp³-hybridized carbons (Fsp3) is 0.188. The molecule has 92 valence electrons. The summed E-state index contributed by atoms with van der Waals surface area (Å²) in [6.45, 7) is 3.98. The minimum absolute atomic E-state index is 0.0354. The van der Waals surface area contributed by atoms with Crippen LogP contribution in [-0.4, -0.2) is 6.29 Å². The second kappa shape index (κ2) is 5.50. The van der Waals surface area contributed by atoms with Crippen LogP contribution in [0.4, 0.5) is 0 Å². The van der Waals surface area contributed by atoms with E-state index < -0.39 is 0 Å². The monoisotopic (exact) mass is 240 g/mol. The van der Waals surface area contributed by atoms with Crippen molar-refractivity contribution in [2.45, 2.75) is 20.0 Å². The third-order valence-corrected chi connectivity index (χ3v) is 2.92. The van der Waals surface area contributed by atoms with Gasteiger partial charge in [-0.25, -0.2) is 0 Å².